The van der Waals surface area contributed by atoms with Crippen LogP contribution >= 0.6 is 0 Å². The molecule has 1 saturated heterocycles. The molecule has 1 aromatic rings. The smallest absolute Gasteiger partial charge is 0.243 e. The molecule has 1 unspecified atom stereocenters. The molecule has 1 heterocycles. The van der Waals surface area contributed by atoms with Crippen molar-refractivity contribution >= 4 is 23.4 Å². The van der Waals surface area contributed by atoms with Crippen LogP contribution in [0.15, 0.2) is 12.1 Å². The van der Waals surface area contributed by atoms with Gasteiger partial charge in [-0.05, 0) is 64.1 Å². The summed E-state index contributed by atoms with van der Waals surface area (Å²) in [4.78, 5) is 39.4. The molecule has 0 aromatic heterocycles. The molecule has 7 nitrogen and oxygen atoms in total. The van der Waals surface area contributed by atoms with E-state index in [0.717, 1.165) is 54.6 Å². The molecule has 1 saturated carbocycles. The first-order valence-electron chi connectivity index (χ1n) is 12.0. The number of hydrogen-bond donors (Lipinski definition) is 3. The Labute approximate surface area is 191 Å². The first kappa shape index (κ1) is 24.2. The van der Waals surface area contributed by atoms with Crippen molar-refractivity contribution in [1.29, 1.82) is 0 Å². The minimum Gasteiger partial charge on any atom is -0.353 e. The van der Waals surface area contributed by atoms with Crippen LogP contribution in [-0.2, 0) is 14.4 Å². The summed E-state index contributed by atoms with van der Waals surface area (Å²) in [6, 6.07) is 4.37. The van der Waals surface area contributed by atoms with Gasteiger partial charge in [0.15, 0.2) is 0 Å². The predicted molar refractivity (Wildman–Crippen MR) is 126 cm³/mol. The van der Waals surface area contributed by atoms with Crippen molar-refractivity contribution in [3.05, 3.63) is 28.8 Å². The Morgan fingerprint density at radius 3 is 2.31 bits per heavy atom. The minimum absolute atomic E-state index is 0.0609. The molecular formula is C25H38N4O3. The highest BCUT2D eigenvalue weighted by molar-refractivity contribution is 5.96. The number of amides is 3. The number of anilines is 1. The highest BCUT2D eigenvalue weighted by atomic mass is 16.2. The summed E-state index contributed by atoms with van der Waals surface area (Å²) in [5.41, 5.74) is 3.97. The first-order chi connectivity index (χ1) is 15.3. The van der Waals surface area contributed by atoms with Crippen molar-refractivity contribution in [2.75, 3.05) is 31.5 Å². The molecule has 0 radical (unpaired) electrons. The third kappa shape index (κ3) is 7.05. The summed E-state index contributed by atoms with van der Waals surface area (Å²) in [7, 11) is 0. The topological polar surface area (TPSA) is 90.5 Å². The quantitative estimate of drug-likeness (QED) is 0.606. The van der Waals surface area contributed by atoms with Gasteiger partial charge in [0, 0.05) is 18.3 Å². The highest BCUT2D eigenvalue weighted by Gasteiger charge is 2.28. The van der Waals surface area contributed by atoms with Gasteiger partial charge in [-0.15, -0.1) is 0 Å². The van der Waals surface area contributed by atoms with Gasteiger partial charge in [0.1, 0.15) is 0 Å². The second kappa shape index (κ2) is 11.5. The molecule has 1 aliphatic carbocycles. The molecule has 0 bridgehead atoms. The second-order valence-electron chi connectivity index (χ2n) is 9.52. The van der Waals surface area contributed by atoms with Gasteiger partial charge < -0.3 is 16.0 Å². The number of aryl methyl sites for hydroxylation is 3. The Hall–Kier alpha value is -2.41. The number of rotatable bonds is 7. The van der Waals surface area contributed by atoms with Crippen LogP contribution in [0.2, 0.25) is 0 Å². The lowest BCUT2D eigenvalue weighted by atomic mass is 9.93. The maximum absolute atomic E-state index is 12.7. The fourth-order valence-corrected chi connectivity index (χ4v) is 4.98. The highest BCUT2D eigenvalue weighted by Crippen LogP contribution is 2.22. The van der Waals surface area contributed by atoms with E-state index in [1.165, 1.54) is 19.3 Å². The summed E-state index contributed by atoms with van der Waals surface area (Å²) in [5.74, 6) is -0.359. The predicted octanol–water partition coefficient (Wildman–Crippen LogP) is 2.83. The van der Waals surface area contributed by atoms with Gasteiger partial charge in [0.05, 0.1) is 19.0 Å². The van der Waals surface area contributed by atoms with Crippen molar-refractivity contribution in [1.82, 2.24) is 15.5 Å². The van der Waals surface area contributed by atoms with Crippen LogP contribution in [0.1, 0.15) is 61.6 Å². The fourth-order valence-electron chi connectivity index (χ4n) is 4.98. The van der Waals surface area contributed by atoms with Gasteiger partial charge >= 0.3 is 0 Å². The van der Waals surface area contributed by atoms with Crippen LogP contribution in [0, 0.1) is 26.7 Å². The Kier molecular flexibility index (Phi) is 8.67. The summed E-state index contributed by atoms with van der Waals surface area (Å²) in [6.45, 7) is 7.50. The summed E-state index contributed by atoms with van der Waals surface area (Å²) < 4.78 is 0. The number of hydrogen-bond acceptors (Lipinski definition) is 4. The average Bonchev–Trinajstić information content (AvgIpc) is 2.75. The molecule has 3 amide bonds. The van der Waals surface area contributed by atoms with E-state index < -0.39 is 0 Å². The molecule has 1 atom stereocenters. The Morgan fingerprint density at radius 1 is 0.938 bits per heavy atom. The molecule has 3 N–H and O–H groups in total. The lowest BCUT2D eigenvalue weighted by Gasteiger charge is -2.33. The SMILES string of the molecule is Cc1cc(C)c(NC(=O)CNC(=O)CN2CCCC(C(=O)NC3CCCCC3)C2)c(C)c1. The number of benzene rings is 1. The maximum Gasteiger partial charge on any atom is 0.243 e. The maximum atomic E-state index is 12.7. The van der Waals surface area contributed by atoms with Crippen molar-refractivity contribution in [3.8, 4) is 0 Å². The molecule has 0 spiro atoms. The van der Waals surface area contributed by atoms with Gasteiger partial charge in [-0.3, -0.25) is 19.3 Å². The van der Waals surface area contributed by atoms with E-state index in [0.29, 0.717) is 12.6 Å². The Morgan fingerprint density at radius 2 is 1.62 bits per heavy atom. The molecule has 7 heteroatoms. The Balaban J connectivity index is 1.41. The van der Waals surface area contributed by atoms with E-state index in [2.05, 4.69) is 16.0 Å². The zero-order valence-corrected chi connectivity index (χ0v) is 19.8. The lowest BCUT2D eigenvalue weighted by Crippen LogP contribution is -2.49. The van der Waals surface area contributed by atoms with Crippen molar-refractivity contribution < 1.29 is 14.4 Å². The minimum atomic E-state index is -0.239. The van der Waals surface area contributed by atoms with Crippen LogP contribution in [0.4, 0.5) is 5.69 Å². The largest absolute Gasteiger partial charge is 0.353 e. The monoisotopic (exact) mass is 442 g/mol. The normalized spacial score (nSPS) is 19.9. The average molecular weight is 443 g/mol. The molecule has 2 aliphatic rings. The van der Waals surface area contributed by atoms with E-state index in [-0.39, 0.29) is 36.7 Å². The number of nitrogens with one attached hydrogen (secondary N) is 3. The standard InChI is InChI=1S/C25H38N4O3/c1-17-12-18(2)24(19(3)13-17)28-22(30)14-26-23(31)16-29-11-7-8-20(15-29)25(32)27-21-9-5-4-6-10-21/h12-13,20-21H,4-11,14-16H2,1-3H3,(H,26,31)(H,27,32)(H,28,30). The zero-order chi connectivity index (χ0) is 23.1. The molecule has 32 heavy (non-hydrogen) atoms. The summed E-state index contributed by atoms with van der Waals surface area (Å²) >= 11 is 0. The number of piperidine rings is 1. The van der Waals surface area contributed by atoms with Crippen molar-refractivity contribution in [2.24, 2.45) is 5.92 Å². The third-order valence-electron chi connectivity index (χ3n) is 6.58. The van der Waals surface area contributed by atoms with Crippen LogP contribution in [0.3, 0.4) is 0 Å². The van der Waals surface area contributed by atoms with Crippen molar-refractivity contribution in [2.45, 2.75) is 71.8 Å². The molecule has 176 valence electrons. The summed E-state index contributed by atoms with van der Waals surface area (Å²) in [6.07, 6.45) is 7.58. The second-order valence-corrected chi connectivity index (χ2v) is 9.52. The van der Waals surface area contributed by atoms with Crippen LogP contribution in [0.5, 0.6) is 0 Å². The number of nitrogens with zero attached hydrogens (tertiary/aromatic N) is 1. The number of likely N-dealkylation sites (tertiary alicyclic amines) is 1. The lowest BCUT2D eigenvalue weighted by molar-refractivity contribution is -0.129. The molecule has 3 rings (SSSR count). The molecular weight excluding hydrogens is 404 g/mol. The van der Waals surface area contributed by atoms with Crippen molar-refractivity contribution in [3.63, 3.8) is 0 Å². The van der Waals surface area contributed by atoms with Gasteiger partial charge in [-0.2, -0.15) is 0 Å². The number of carbonyl (C=O) groups is 3. The van der Waals surface area contributed by atoms with Gasteiger partial charge in [-0.25, -0.2) is 0 Å². The van der Waals surface area contributed by atoms with Gasteiger partial charge in [-0.1, -0.05) is 37.0 Å². The van der Waals surface area contributed by atoms with E-state index in [1.807, 2.05) is 37.8 Å². The van der Waals surface area contributed by atoms with E-state index in [1.54, 1.807) is 0 Å². The van der Waals surface area contributed by atoms with Gasteiger partial charge in [0.2, 0.25) is 17.7 Å². The number of carbonyl (C=O) groups excluding carboxylic acids is 3. The fraction of sp³-hybridized carbons (Fsp3) is 0.640. The molecule has 1 aliphatic heterocycles. The van der Waals surface area contributed by atoms with E-state index in [9.17, 15) is 14.4 Å². The zero-order valence-electron chi connectivity index (χ0n) is 19.8. The first-order valence-corrected chi connectivity index (χ1v) is 12.0. The van der Waals surface area contributed by atoms with Crippen LogP contribution in [0.25, 0.3) is 0 Å². The van der Waals surface area contributed by atoms with E-state index >= 15 is 0 Å². The van der Waals surface area contributed by atoms with Crippen LogP contribution in [-0.4, -0.2) is 54.8 Å². The summed E-state index contributed by atoms with van der Waals surface area (Å²) in [5, 5.41) is 8.84. The van der Waals surface area contributed by atoms with Crippen LogP contribution < -0.4 is 16.0 Å². The molecule has 2 fully saturated rings. The van der Waals surface area contributed by atoms with Gasteiger partial charge in [0.25, 0.3) is 0 Å². The van der Waals surface area contributed by atoms with E-state index in [4.69, 9.17) is 0 Å². The molecule has 1 aromatic carbocycles. The third-order valence-corrected chi connectivity index (χ3v) is 6.58. The Bertz CT molecular complexity index is 809.